The quantitative estimate of drug-likeness (QED) is 0.841. The SMILES string of the molecule is O=C(CSCc1ccccn1)NC1=NN(c2cccc(C(F)(F)F)c2)CC1. The average Bonchev–Trinajstić information content (AvgIpc) is 3.10. The van der Waals surface area contributed by atoms with Gasteiger partial charge in [-0.2, -0.15) is 18.3 Å². The molecule has 0 fully saturated rings. The van der Waals surface area contributed by atoms with Crippen LogP contribution in [-0.2, 0) is 16.7 Å². The number of pyridine rings is 1. The van der Waals surface area contributed by atoms with Crippen LogP contribution in [0.25, 0.3) is 0 Å². The van der Waals surface area contributed by atoms with Gasteiger partial charge in [0, 0.05) is 24.9 Å². The number of thioether (sulfide) groups is 1. The normalized spacial score (nSPS) is 14.2. The molecular formula is C18H17F3N4OS. The Morgan fingerprint density at radius 3 is 2.81 bits per heavy atom. The summed E-state index contributed by atoms with van der Waals surface area (Å²) in [6, 6.07) is 10.6. The molecule has 1 aromatic heterocycles. The number of amides is 1. The van der Waals surface area contributed by atoms with E-state index in [-0.39, 0.29) is 11.7 Å². The van der Waals surface area contributed by atoms with Gasteiger partial charge in [-0.15, -0.1) is 11.8 Å². The van der Waals surface area contributed by atoms with Crippen molar-refractivity contribution in [2.45, 2.75) is 18.3 Å². The van der Waals surface area contributed by atoms with E-state index in [0.29, 0.717) is 30.2 Å². The number of halogens is 3. The molecule has 3 rings (SSSR count). The van der Waals surface area contributed by atoms with E-state index in [4.69, 9.17) is 0 Å². The van der Waals surface area contributed by atoms with Crippen molar-refractivity contribution in [1.29, 1.82) is 0 Å². The fraction of sp³-hybridized carbons (Fsp3) is 0.278. The zero-order chi connectivity index (χ0) is 19.3. The van der Waals surface area contributed by atoms with E-state index in [2.05, 4.69) is 15.4 Å². The van der Waals surface area contributed by atoms with Crippen molar-refractivity contribution in [2.24, 2.45) is 5.10 Å². The number of rotatable bonds is 5. The molecule has 27 heavy (non-hydrogen) atoms. The summed E-state index contributed by atoms with van der Waals surface area (Å²) in [5.41, 5.74) is 0.515. The summed E-state index contributed by atoms with van der Waals surface area (Å²) in [6.07, 6.45) is -2.24. The third-order valence-corrected chi connectivity index (χ3v) is 4.73. The molecule has 1 aromatic carbocycles. The van der Waals surface area contributed by atoms with Gasteiger partial charge in [0.2, 0.25) is 5.91 Å². The van der Waals surface area contributed by atoms with Crippen molar-refractivity contribution in [3.63, 3.8) is 0 Å². The molecule has 0 saturated heterocycles. The van der Waals surface area contributed by atoms with E-state index in [1.165, 1.54) is 22.8 Å². The largest absolute Gasteiger partial charge is 0.416 e. The number of alkyl halides is 3. The summed E-state index contributed by atoms with van der Waals surface area (Å²) >= 11 is 1.43. The van der Waals surface area contributed by atoms with Crippen LogP contribution in [0.2, 0.25) is 0 Å². The second kappa shape index (κ2) is 8.43. The van der Waals surface area contributed by atoms with Gasteiger partial charge in [-0.05, 0) is 30.3 Å². The van der Waals surface area contributed by atoms with Gasteiger partial charge in [0.15, 0.2) is 0 Å². The molecule has 0 spiro atoms. The number of nitrogens with zero attached hydrogens (tertiary/aromatic N) is 3. The van der Waals surface area contributed by atoms with E-state index >= 15 is 0 Å². The Hall–Kier alpha value is -2.55. The minimum absolute atomic E-state index is 0.194. The molecule has 1 amide bonds. The van der Waals surface area contributed by atoms with Crippen LogP contribution in [0, 0.1) is 0 Å². The number of hydrogen-bond donors (Lipinski definition) is 1. The molecule has 1 N–H and O–H groups in total. The Kier molecular flexibility index (Phi) is 6.00. The summed E-state index contributed by atoms with van der Waals surface area (Å²) in [6.45, 7) is 0.415. The number of carbonyl (C=O) groups excluding carboxylic acids is 1. The number of aromatic nitrogens is 1. The maximum Gasteiger partial charge on any atom is 0.416 e. The van der Waals surface area contributed by atoms with Crippen LogP contribution in [0.4, 0.5) is 18.9 Å². The van der Waals surface area contributed by atoms with Crippen molar-refractivity contribution in [2.75, 3.05) is 17.3 Å². The molecule has 1 aliphatic rings. The van der Waals surface area contributed by atoms with Crippen LogP contribution in [0.3, 0.4) is 0 Å². The fourth-order valence-electron chi connectivity index (χ4n) is 2.50. The second-order valence-electron chi connectivity index (χ2n) is 5.83. The first kappa shape index (κ1) is 19.2. The van der Waals surface area contributed by atoms with E-state index in [0.717, 1.165) is 17.8 Å². The van der Waals surface area contributed by atoms with Gasteiger partial charge in [0.05, 0.1) is 22.7 Å². The minimum Gasteiger partial charge on any atom is -0.312 e. The molecule has 9 heteroatoms. The molecule has 2 heterocycles. The maximum atomic E-state index is 12.8. The van der Waals surface area contributed by atoms with Crippen LogP contribution in [0.5, 0.6) is 0 Å². The second-order valence-corrected chi connectivity index (χ2v) is 6.82. The van der Waals surface area contributed by atoms with Crippen LogP contribution in [-0.4, -0.2) is 29.0 Å². The number of anilines is 1. The first-order valence-electron chi connectivity index (χ1n) is 8.21. The molecule has 1 aliphatic heterocycles. The topological polar surface area (TPSA) is 57.6 Å². The smallest absolute Gasteiger partial charge is 0.312 e. The molecule has 0 aliphatic carbocycles. The number of hydrogen-bond acceptors (Lipinski definition) is 5. The van der Waals surface area contributed by atoms with Crippen LogP contribution >= 0.6 is 11.8 Å². The number of benzene rings is 1. The standard InChI is InChI=1S/C18H17F3N4OS/c19-18(20,21)13-4-3-6-15(10-13)25-9-7-16(24-25)23-17(26)12-27-11-14-5-1-2-8-22-14/h1-6,8,10H,7,9,11-12H2,(H,23,24,26). The minimum atomic E-state index is -4.40. The lowest BCUT2D eigenvalue weighted by molar-refractivity contribution is -0.137. The van der Waals surface area contributed by atoms with Gasteiger partial charge in [-0.1, -0.05) is 12.1 Å². The summed E-state index contributed by atoms with van der Waals surface area (Å²) in [7, 11) is 0. The van der Waals surface area contributed by atoms with Gasteiger partial charge >= 0.3 is 6.18 Å². The molecule has 0 saturated carbocycles. The summed E-state index contributed by atoms with van der Waals surface area (Å²) in [5.74, 6) is 1.13. The molecule has 0 unspecified atom stereocenters. The predicted octanol–water partition coefficient (Wildman–Crippen LogP) is 3.67. The van der Waals surface area contributed by atoms with Gasteiger partial charge in [-0.3, -0.25) is 14.8 Å². The zero-order valence-corrected chi connectivity index (χ0v) is 15.1. The zero-order valence-electron chi connectivity index (χ0n) is 14.2. The molecule has 2 aromatic rings. The van der Waals surface area contributed by atoms with Crippen molar-refractivity contribution in [1.82, 2.24) is 10.3 Å². The lowest BCUT2D eigenvalue weighted by Crippen LogP contribution is -2.30. The first-order valence-corrected chi connectivity index (χ1v) is 9.37. The maximum absolute atomic E-state index is 12.8. The van der Waals surface area contributed by atoms with Gasteiger partial charge in [-0.25, -0.2) is 0 Å². The number of carbonyl (C=O) groups is 1. The highest BCUT2D eigenvalue weighted by molar-refractivity contribution is 7.99. The van der Waals surface area contributed by atoms with Gasteiger partial charge in [0.1, 0.15) is 5.84 Å². The van der Waals surface area contributed by atoms with E-state index in [1.54, 1.807) is 12.3 Å². The molecule has 5 nitrogen and oxygen atoms in total. The molecule has 142 valence electrons. The lowest BCUT2D eigenvalue weighted by Gasteiger charge is -2.15. The van der Waals surface area contributed by atoms with Crippen molar-refractivity contribution in [3.05, 3.63) is 59.9 Å². The third-order valence-electron chi connectivity index (χ3n) is 3.77. The number of nitrogens with one attached hydrogen (secondary N) is 1. The fourth-order valence-corrected chi connectivity index (χ4v) is 3.24. The molecule has 0 bridgehead atoms. The predicted molar refractivity (Wildman–Crippen MR) is 99.4 cm³/mol. The molecule has 0 atom stereocenters. The molecule has 0 radical (unpaired) electrons. The van der Waals surface area contributed by atoms with Crippen LogP contribution in [0.15, 0.2) is 53.8 Å². The number of hydrazone groups is 1. The third kappa shape index (κ3) is 5.46. The lowest BCUT2D eigenvalue weighted by atomic mass is 10.2. The Morgan fingerprint density at radius 2 is 2.07 bits per heavy atom. The summed E-state index contributed by atoms with van der Waals surface area (Å²) < 4.78 is 38.5. The Bertz CT molecular complexity index is 827. The summed E-state index contributed by atoms with van der Waals surface area (Å²) in [5, 5.41) is 8.40. The molecular weight excluding hydrogens is 377 g/mol. The highest BCUT2D eigenvalue weighted by Gasteiger charge is 2.31. The highest BCUT2D eigenvalue weighted by atomic mass is 32.2. The number of amidine groups is 1. The van der Waals surface area contributed by atoms with Crippen LogP contribution < -0.4 is 10.3 Å². The van der Waals surface area contributed by atoms with Crippen LogP contribution in [0.1, 0.15) is 17.7 Å². The summed E-state index contributed by atoms with van der Waals surface area (Å²) in [4.78, 5) is 16.2. The monoisotopic (exact) mass is 394 g/mol. The van der Waals surface area contributed by atoms with Gasteiger partial charge < -0.3 is 5.32 Å². The Labute approximate surface area is 158 Å². The van der Waals surface area contributed by atoms with E-state index < -0.39 is 11.7 Å². The van der Waals surface area contributed by atoms with E-state index in [9.17, 15) is 18.0 Å². The first-order chi connectivity index (χ1) is 12.9. The van der Waals surface area contributed by atoms with Crippen molar-refractivity contribution >= 4 is 29.2 Å². The van der Waals surface area contributed by atoms with Crippen molar-refractivity contribution in [3.8, 4) is 0 Å². The Balaban J connectivity index is 1.52. The Morgan fingerprint density at radius 1 is 1.22 bits per heavy atom. The van der Waals surface area contributed by atoms with E-state index in [1.807, 2.05) is 18.2 Å². The van der Waals surface area contributed by atoms with Gasteiger partial charge in [0.25, 0.3) is 0 Å². The average molecular weight is 394 g/mol. The highest BCUT2D eigenvalue weighted by Crippen LogP contribution is 2.32. The van der Waals surface area contributed by atoms with Crippen molar-refractivity contribution < 1.29 is 18.0 Å².